The Labute approximate surface area is 123 Å². The maximum atomic E-state index is 12.5. The number of fused-ring (bicyclic) bond motifs is 1. The van der Waals surface area contributed by atoms with Crippen molar-refractivity contribution in [3.8, 4) is 0 Å². The molecule has 1 fully saturated rings. The van der Waals surface area contributed by atoms with E-state index in [0.29, 0.717) is 13.1 Å². The van der Waals surface area contributed by atoms with Crippen molar-refractivity contribution in [2.45, 2.75) is 23.8 Å². The molecule has 2 heterocycles. The molecule has 0 radical (unpaired) electrons. The molecular formula is C15H20N2O2S. The first-order valence-corrected chi connectivity index (χ1v) is 8.15. The molecule has 1 N–H and O–H groups in total. The lowest BCUT2D eigenvalue weighted by atomic mass is 10.1. The maximum Gasteiger partial charge on any atom is 0.241 e. The number of hydrogen-bond acceptors (Lipinski definition) is 4. The first-order chi connectivity index (χ1) is 9.74. The molecule has 0 spiro atoms. The lowest BCUT2D eigenvalue weighted by Gasteiger charge is -2.33. The third-order valence-electron chi connectivity index (χ3n) is 3.87. The molecule has 2 aliphatic rings. The number of piperidine rings is 1. The zero-order valence-corrected chi connectivity index (χ0v) is 12.3. The number of nitrogens with zero attached hydrogens (tertiary/aromatic N) is 2. The van der Waals surface area contributed by atoms with E-state index in [0.717, 1.165) is 37.4 Å². The van der Waals surface area contributed by atoms with Crippen LogP contribution >= 0.6 is 11.8 Å². The predicted molar refractivity (Wildman–Crippen MR) is 81.2 cm³/mol. The Kier molecular flexibility index (Phi) is 4.29. The number of anilines is 1. The van der Waals surface area contributed by atoms with Crippen molar-refractivity contribution in [3.05, 3.63) is 24.3 Å². The van der Waals surface area contributed by atoms with E-state index < -0.39 is 0 Å². The van der Waals surface area contributed by atoms with Crippen molar-refractivity contribution in [2.75, 3.05) is 36.8 Å². The second-order valence-corrected chi connectivity index (χ2v) is 6.53. The Morgan fingerprint density at radius 1 is 1.35 bits per heavy atom. The molecule has 5 heteroatoms. The van der Waals surface area contributed by atoms with Crippen molar-refractivity contribution in [2.24, 2.45) is 0 Å². The summed E-state index contributed by atoms with van der Waals surface area (Å²) >= 11 is 1.81. The van der Waals surface area contributed by atoms with Gasteiger partial charge in [0, 0.05) is 23.7 Å². The number of rotatable bonds is 2. The number of thioether (sulfide) groups is 1. The van der Waals surface area contributed by atoms with Gasteiger partial charge in [0.1, 0.15) is 0 Å². The zero-order valence-electron chi connectivity index (χ0n) is 11.5. The average molecular weight is 292 g/mol. The monoisotopic (exact) mass is 292 g/mol. The summed E-state index contributed by atoms with van der Waals surface area (Å²) in [6.07, 6.45) is 1.55. The molecule has 1 aromatic rings. The van der Waals surface area contributed by atoms with E-state index in [1.165, 1.54) is 4.90 Å². The molecular weight excluding hydrogens is 272 g/mol. The van der Waals surface area contributed by atoms with Gasteiger partial charge in [0.25, 0.3) is 0 Å². The van der Waals surface area contributed by atoms with Gasteiger partial charge in [-0.25, -0.2) is 0 Å². The molecule has 2 aliphatic heterocycles. The lowest BCUT2D eigenvalue weighted by Crippen LogP contribution is -2.46. The van der Waals surface area contributed by atoms with Gasteiger partial charge in [-0.2, -0.15) is 0 Å². The highest BCUT2D eigenvalue weighted by atomic mass is 32.2. The smallest absolute Gasteiger partial charge is 0.241 e. The number of carbonyl (C=O) groups is 1. The van der Waals surface area contributed by atoms with Gasteiger partial charge >= 0.3 is 0 Å². The van der Waals surface area contributed by atoms with Crippen LogP contribution in [0.15, 0.2) is 29.2 Å². The Morgan fingerprint density at radius 3 is 3.05 bits per heavy atom. The standard InChI is InChI=1S/C15H20N2O2S/c18-12-4-3-7-16(10-12)11-15(19)17-8-9-20-14-6-2-1-5-13(14)17/h1-2,5-6,12,18H,3-4,7-11H2/t12-/m0/s1. The van der Waals surface area contributed by atoms with Crippen LogP contribution < -0.4 is 4.90 Å². The van der Waals surface area contributed by atoms with Gasteiger partial charge < -0.3 is 10.0 Å². The minimum Gasteiger partial charge on any atom is -0.392 e. The summed E-state index contributed by atoms with van der Waals surface area (Å²) in [7, 11) is 0. The Morgan fingerprint density at radius 2 is 2.20 bits per heavy atom. The summed E-state index contributed by atoms with van der Waals surface area (Å²) in [5.74, 6) is 1.10. The van der Waals surface area contributed by atoms with Crippen molar-refractivity contribution < 1.29 is 9.90 Å². The number of aliphatic hydroxyl groups is 1. The van der Waals surface area contributed by atoms with E-state index in [9.17, 15) is 9.90 Å². The van der Waals surface area contributed by atoms with E-state index in [1.54, 1.807) is 0 Å². The normalized spacial score (nSPS) is 23.4. The topological polar surface area (TPSA) is 43.8 Å². The molecule has 3 rings (SSSR count). The van der Waals surface area contributed by atoms with Gasteiger partial charge in [0.15, 0.2) is 0 Å². The highest BCUT2D eigenvalue weighted by Crippen LogP contribution is 2.34. The average Bonchev–Trinajstić information content (AvgIpc) is 2.46. The van der Waals surface area contributed by atoms with Crippen LogP contribution in [0.3, 0.4) is 0 Å². The van der Waals surface area contributed by atoms with E-state index in [1.807, 2.05) is 34.9 Å². The molecule has 108 valence electrons. The van der Waals surface area contributed by atoms with Gasteiger partial charge in [-0.1, -0.05) is 12.1 Å². The molecule has 0 unspecified atom stereocenters. The summed E-state index contributed by atoms with van der Waals surface area (Å²) in [4.78, 5) is 17.7. The fraction of sp³-hybridized carbons (Fsp3) is 0.533. The summed E-state index contributed by atoms with van der Waals surface area (Å²) in [6, 6.07) is 8.09. The summed E-state index contributed by atoms with van der Waals surface area (Å²) < 4.78 is 0. The fourth-order valence-electron chi connectivity index (χ4n) is 2.88. The van der Waals surface area contributed by atoms with Crippen molar-refractivity contribution >= 4 is 23.4 Å². The van der Waals surface area contributed by atoms with E-state index >= 15 is 0 Å². The fourth-order valence-corrected chi connectivity index (χ4v) is 3.87. The van der Waals surface area contributed by atoms with E-state index in [-0.39, 0.29) is 12.0 Å². The lowest BCUT2D eigenvalue weighted by molar-refractivity contribution is -0.120. The van der Waals surface area contributed by atoms with Crippen LogP contribution in [0.4, 0.5) is 5.69 Å². The van der Waals surface area contributed by atoms with Crippen LogP contribution in [0.1, 0.15) is 12.8 Å². The van der Waals surface area contributed by atoms with Crippen LogP contribution in [0.5, 0.6) is 0 Å². The number of carbonyl (C=O) groups excluding carboxylic acids is 1. The minimum absolute atomic E-state index is 0.145. The number of hydrogen-bond donors (Lipinski definition) is 1. The second-order valence-electron chi connectivity index (χ2n) is 5.39. The van der Waals surface area contributed by atoms with Crippen LogP contribution in [-0.4, -0.2) is 53.9 Å². The first kappa shape index (κ1) is 13.9. The van der Waals surface area contributed by atoms with Gasteiger partial charge in [0.2, 0.25) is 5.91 Å². The minimum atomic E-state index is -0.277. The quantitative estimate of drug-likeness (QED) is 0.899. The molecule has 0 aliphatic carbocycles. The molecule has 20 heavy (non-hydrogen) atoms. The van der Waals surface area contributed by atoms with Gasteiger partial charge in [0.05, 0.1) is 18.3 Å². The van der Waals surface area contributed by atoms with Gasteiger partial charge in [-0.3, -0.25) is 9.69 Å². The van der Waals surface area contributed by atoms with Crippen LogP contribution in [-0.2, 0) is 4.79 Å². The molecule has 1 atom stereocenters. The number of likely N-dealkylation sites (tertiary alicyclic amines) is 1. The van der Waals surface area contributed by atoms with Crippen molar-refractivity contribution in [1.82, 2.24) is 4.90 Å². The van der Waals surface area contributed by atoms with Crippen LogP contribution in [0, 0.1) is 0 Å². The molecule has 1 aromatic carbocycles. The second kappa shape index (κ2) is 6.16. The zero-order chi connectivity index (χ0) is 13.9. The molecule has 0 aromatic heterocycles. The predicted octanol–water partition coefficient (Wildman–Crippen LogP) is 1.58. The Hall–Kier alpha value is -1.04. The van der Waals surface area contributed by atoms with Gasteiger partial charge in [-0.05, 0) is 31.5 Å². The third-order valence-corrected chi connectivity index (χ3v) is 4.91. The summed E-state index contributed by atoms with van der Waals surface area (Å²) in [5.41, 5.74) is 1.03. The number of para-hydroxylation sites is 1. The van der Waals surface area contributed by atoms with Crippen LogP contribution in [0.2, 0.25) is 0 Å². The number of aliphatic hydroxyl groups excluding tert-OH is 1. The van der Waals surface area contributed by atoms with Gasteiger partial charge in [-0.15, -0.1) is 11.8 Å². The highest BCUT2D eigenvalue weighted by Gasteiger charge is 2.26. The summed E-state index contributed by atoms with van der Waals surface area (Å²) in [6.45, 7) is 2.72. The molecule has 0 saturated carbocycles. The molecule has 1 amide bonds. The summed E-state index contributed by atoms with van der Waals surface area (Å²) in [5, 5.41) is 9.69. The SMILES string of the molecule is O=C(CN1CCC[C@H](O)C1)N1CCSc2ccccc21. The molecule has 1 saturated heterocycles. The van der Waals surface area contributed by atoms with Crippen LogP contribution in [0.25, 0.3) is 0 Å². The van der Waals surface area contributed by atoms with E-state index in [4.69, 9.17) is 0 Å². The first-order valence-electron chi connectivity index (χ1n) is 7.16. The van der Waals surface area contributed by atoms with Crippen molar-refractivity contribution in [1.29, 1.82) is 0 Å². The maximum absolute atomic E-state index is 12.5. The number of amides is 1. The Bertz CT molecular complexity index is 495. The van der Waals surface area contributed by atoms with Crippen molar-refractivity contribution in [3.63, 3.8) is 0 Å². The van der Waals surface area contributed by atoms with E-state index in [2.05, 4.69) is 11.0 Å². The number of β-amino-alcohol motifs (C(OH)–C–C–N with tert-alkyl or cyclic N) is 1. The Balaban J connectivity index is 1.69. The molecule has 4 nitrogen and oxygen atoms in total. The molecule has 0 bridgehead atoms. The third kappa shape index (κ3) is 3.00. The number of benzene rings is 1. The largest absolute Gasteiger partial charge is 0.392 e. The highest BCUT2D eigenvalue weighted by molar-refractivity contribution is 7.99.